The molecule has 1 unspecified atom stereocenters. The fourth-order valence-electron chi connectivity index (χ4n) is 3.79. The van der Waals surface area contributed by atoms with Crippen LogP contribution in [0.25, 0.3) is 0 Å². The standard InChI is InChI=1S/C25H23FN2O2/c1-17-11-12-23(21(26)13-17)28-16-20(15-24(28)29)25(30)27-22-10-6-5-9-19(22)14-18-7-3-2-4-8-18/h2-13,20H,14-16H2,1H3,(H,27,30). The van der Waals surface area contributed by atoms with Gasteiger partial charge >= 0.3 is 0 Å². The van der Waals surface area contributed by atoms with Crippen molar-refractivity contribution < 1.29 is 14.0 Å². The maximum absolute atomic E-state index is 14.3. The smallest absolute Gasteiger partial charge is 0.229 e. The number of benzene rings is 3. The minimum absolute atomic E-state index is 0.0694. The van der Waals surface area contributed by atoms with E-state index in [1.54, 1.807) is 19.1 Å². The third kappa shape index (κ3) is 4.25. The third-order valence-corrected chi connectivity index (χ3v) is 5.40. The Bertz CT molecular complexity index is 1080. The maximum atomic E-state index is 14.3. The lowest BCUT2D eigenvalue weighted by Crippen LogP contribution is -2.29. The summed E-state index contributed by atoms with van der Waals surface area (Å²) in [5.74, 6) is -1.44. The summed E-state index contributed by atoms with van der Waals surface area (Å²) in [6.07, 6.45) is 0.765. The fraction of sp³-hybridized carbons (Fsp3) is 0.200. The number of nitrogens with zero attached hydrogens (tertiary/aromatic N) is 1. The van der Waals surface area contributed by atoms with E-state index in [1.807, 2.05) is 54.6 Å². The number of halogens is 1. The Labute approximate surface area is 175 Å². The minimum Gasteiger partial charge on any atom is -0.326 e. The molecule has 3 aromatic carbocycles. The molecule has 4 rings (SSSR count). The zero-order valence-electron chi connectivity index (χ0n) is 16.8. The van der Waals surface area contributed by atoms with Crippen molar-refractivity contribution in [2.45, 2.75) is 19.8 Å². The Morgan fingerprint density at radius 3 is 2.57 bits per heavy atom. The van der Waals surface area contributed by atoms with Gasteiger partial charge in [0.05, 0.1) is 11.6 Å². The van der Waals surface area contributed by atoms with E-state index >= 15 is 0 Å². The number of hydrogen-bond acceptors (Lipinski definition) is 2. The Kier molecular flexibility index (Phi) is 5.61. The molecule has 3 aromatic rings. The number of carbonyl (C=O) groups is 2. The molecule has 1 heterocycles. The Morgan fingerprint density at radius 1 is 1.07 bits per heavy atom. The van der Waals surface area contributed by atoms with Crippen molar-refractivity contribution in [3.05, 3.63) is 95.3 Å². The highest BCUT2D eigenvalue weighted by Gasteiger charge is 2.36. The molecule has 0 aromatic heterocycles. The quantitative estimate of drug-likeness (QED) is 0.672. The first-order chi connectivity index (χ1) is 14.5. The molecule has 0 spiro atoms. The summed E-state index contributed by atoms with van der Waals surface area (Å²) in [5, 5.41) is 2.98. The van der Waals surface area contributed by atoms with E-state index < -0.39 is 11.7 Å². The van der Waals surface area contributed by atoms with Gasteiger partial charge in [0.2, 0.25) is 11.8 Å². The lowest BCUT2D eigenvalue weighted by atomic mass is 10.0. The first kappa shape index (κ1) is 19.8. The van der Waals surface area contributed by atoms with E-state index in [0.29, 0.717) is 6.42 Å². The van der Waals surface area contributed by atoms with Gasteiger partial charge in [-0.2, -0.15) is 0 Å². The second-order valence-electron chi connectivity index (χ2n) is 7.67. The van der Waals surface area contributed by atoms with E-state index in [4.69, 9.17) is 0 Å². The monoisotopic (exact) mass is 402 g/mol. The highest BCUT2D eigenvalue weighted by atomic mass is 19.1. The number of para-hydroxylation sites is 1. The van der Waals surface area contributed by atoms with E-state index in [2.05, 4.69) is 5.32 Å². The Balaban J connectivity index is 1.48. The first-order valence-electron chi connectivity index (χ1n) is 10.0. The average molecular weight is 402 g/mol. The molecular weight excluding hydrogens is 379 g/mol. The molecular formula is C25H23FN2O2. The maximum Gasteiger partial charge on any atom is 0.229 e. The van der Waals surface area contributed by atoms with Gasteiger partial charge in [-0.25, -0.2) is 4.39 Å². The predicted molar refractivity (Wildman–Crippen MR) is 116 cm³/mol. The van der Waals surface area contributed by atoms with Crippen molar-refractivity contribution in [3.63, 3.8) is 0 Å². The van der Waals surface area contributed by atoms with Crippen LogP contribution in [0.2, 0.25) is 0 Å². The van der Waals surface area contributed by atoms with Crippen LogP contribution < -0.4 is 10.2 Å². The second kappa shape index (κ2) is 8.49. The van der Waals surface area contributed by atoms with E-state index in [9.17, 15) is 14.0 Å². The van der Waals surface area contributed by atoms with Crippen molar-refractivity contribution in [3.8, 4) is 0 Å². The van der Waals surface area contributed by atoms with Crippen molar-refractivity contribution in [2.75, 3.05) is 16.8 Å². The van der Waals surface area contributed by atoms with E-state index in [1.165, 1.54) is 11.0 Å². The number of hydrogen-bond donors (Lipinski definition) is 1. The van der Waals surface area contributed by atoms with Crippen LogP contribution in [0.15, 0.2) is 72.8 Å². The summed E-state index contributed by atoms with van der Waals surface area (Å²) in [5.41, 5.74) is 3.90. The second-order valence-corrected chi connectivity index (χ2v) is 7.67. The van der Waals surface area contributed by atoms with Crippen LogP contribution in [-0.2, 0) is 16.0 Å². The normalized spacial score (nSPS) is 16.0. The van der Waals surface area contributed by atoms with Gasteiger partial charge in [-0.15, -0.1) is 0 Å². The summed E-state index contributed by atoms with van der Waals surface area (Å²) < 4.78 is 14.3. The van der Waals surface area contributed by atoms with Gasteiger partial charge in [0.25, 0.3) is 0 Å². The van der Waals surface area contributed by atoms with Gasteiger partial charge in [-0.1, -0.05) is 54.6 Å². The molecule has 30 heavy (non-hydrogen) atoms. The van der Waals surface area contributed by atoms with Crippen LogP contribution in [0.3, 0.4) is 0 Å². The lowest BCUT2D eigenvalue weighted by molar-refractivity contribution is -0.122. The summed E-state index contributed by atoms with van der Waals surface area (Å²) in [6.45, 7) is 1.97. The largest absolute Gasteiger partial charge is 0.326 e. The molecule has 4 nitrogen and oxygen atoms in total. The van der Waals surface area contributed by atoms with Gasteiger partial charge < -0.3 is 10.2 Å². The van der Waals surface area contributed by atoms with Crippen LogP contribution in [-0.4, -0.2) is 18.4 Å². The zero-order valence-corrected chi connectivity index (χ0v) is 16.8. The number of amides is 2. The van der Waals surface area contributed by atoms with Crippen LogP contribution in [0.4, 0.5) is 15.8 Å². The number of rotatable bonds is 5. The molecule has 1 saturated heterocycles. The summed E-state index contributed by atoms with van der Waals surface area (Å²) >= 11 is 0. The van der Waals surface area contributed by atoms with Crippen molar-refractivity contribution >= 4 is 23.2 Å². The van der Waals surface area contributed by atoms with Crippen LogP contribution in [0, 0.1) is 18.7 Å². The first-order valence-corrected chi connectivity index (χ1v) is 10.0. The molecule has 2 amide bonds. The molecule has 0 saturated carbocycles. The molecule has 0 radical (unpaired) electrons. The molecule has 0 aliphatic carbocycles. The van der Waals surface area contributed by atoms with Crippen molar-refractivity contribution in [1.29, 1.82) is 0 Å². The van der Waals surface area contributed by atoms with Gasteiger partial charge in [0.15, 0.2) is 0 Å². The summed E-state index contributed by atoms with van der Waals surface area (Å²) in [7, 11) is 0. The van der Waals surface area contributed by atoms with Crippen molar-refractivity contribution in [2.24, 2.45) is 5.92 Å². The SMILES string of the molecule is Cc1ccc(N2CC(C(=O)Nc3ccccc3Cc3ccccc3)CC2=O)c(F)c1. The highest BCUT2D eigenvalue weighted by molar-refractivity contribution is 6.03. The summed E-state index contributed by atoms with van der Waals surface area (Å²) in [4.78, 5) is 26.7. The molecule has 5 heteroatoms. The molecule has 152 valence electrons. The Morgan fingerprint density at radius 2 is 1.80 bits per heavy atom. The average Bonchev–Trinajstić information content (AvgIpc) is 3.12. The van der Waals surface area contributed by atoms with E-state index in [-0.39, 0.29) is 30.5 Å². The van der Waals surface area contributed by atoms with Crippen LogP contribution >= 0.6 is 0 Å². The lowest BCUT2D eigenvalue weighted by Gasteiger charge is -2.18. The number of aryl methyl sites for hydroxylation is 1. The minimum atomic E-state index is -0.525. The number of anilines is 2. The van der Waals surface area contributed by atoms with Crippen molar-refractivity contribution in [1.82, 2.24) is 0 Å². The number of carbonyl (C=O) groups excluding carboxylic acids is 2. The Hall–Kier alpha value is -3.47. The molecule has 1 aliphatic heterocycles. The van der Waals surface area contributed by atoms with Gasteiger partial charge in [-0.3, -0.25) is 9.59 Å². The van der Waals surface area contributed by atoms with E-state index in [0.717, 1.165) is 22.4 Å². The number of nitrogens with one attached hydrogen (secondary N) is 1. The highest BCUT2D eigenvalue weighted by Crippen LogP contribution is 2.29. The zero-order chi connectivity index (χ0) is 21.1. The topological polar surface area (TPSA) is 49.4 Å². The fourth-order valence-corrected chi connectivity index (χ4v) is 3.79. The van der Waals surface area contributed by atoms with Crippen LogP contribution in [0.5, 0.6) is 0 Å². The van der Waals surface area contributed by atoms with Gasteiger partial charge in [-0.05, 0) is 48.2 Å². The predicted octanol–water partition coefficient (Wildman–Crippen LogP) is 4.72. The third-order valence-electron chi connectivity index (χ3n) is 5.40. The molecule has 0 bridgehead atoms. The van der Waals surface area contributed by atoms with Crippen LogP contribution in [0.1, 0.15) is 23.1 Å². The van der Waals surface area contributed by atoms with Gasteiger partial charge in [0, 0.05) is 18.7 Å². The molecule has 1 aliphatic rings. The molecule has 1 N–H and O–H groups in total. The summed E-state index contributed by atoms with van der Waals surface area (Å²) in [6, 6.07) is 22.4. The molecule has 1 atom stereocenters. The molecule has 1 fully saturated rings. The van der Waals surface area contributed by atoms with Gasteiger partial charge in [0.1, 0.15) is 5.82 Å².